The van der Waals surface area contributed by atoms with E-state index in [1.165, 1.54) is 0 Å². The van der Waals surface area contributed by atoms with E-state index in [1.54, 1.807) is 43.5 Å². The van der Waals surface area contributed by atoms with Crippen molar-refractivity contribution in [3.05, 3.63) is 59.7 Å². The molecule has 0 fully saturated rings. The van der Waals surface area contributed by atoms with E-state index in [0.717, 1.165) is 11.8 Å². The summed E-state index contributed by atoms with van der Waals surface area (Å²) in [6.07, 6.45) is 0.931. The van der Waals surface area contributed by atoms with Crippen molar-refractivity contribution in [3.8, 4) is 11.5 Å². The van der Waals surface area contributed by atoms with Crippen LogP contribution in [0.5, 0.6) is 11.5 Å². The van der Waals surface area contributed by atoms with Gasteiger partial charge in [0.25, 0.3) is 5.91 Å². The molecule has 0 spiro atoms. The number of para-hydroxylation sites is 2. The van der Waals surface area contributed by atoms with Gasteiger partial charge in [0, 0.05) is 5.56 Å². The molecule has 2 aromatic carbocycles. The first kappa shape index (κ1) is 16.8. The summed E-state index contributed by atoms with van der Waals surface area (Å²) in [7, 11) is -2.01. The van der Waals surface area contributed by atoms with Crippen LogP contribution in [-0.2, 0) is 16.6 Å². The number of nitrogens with one attached hydrogen (secondary N) is 1. The van der Waals surface area contributed by atoms with Gasteiger partial charge >= 0.3 is 0 Å². The fourth-order valence-corrected chi connectivity index (χ4v) is 2.33. The highest BCUT2D eigenvalue weighted by atomic mass is 32.2. The molecule has 0 aromatic heterocycles. The van der Waals surface area contributed by atoms with E-state index < -0.39 is 15.9 Å². The molecule has 0 aliphatic carbocycles. The molecule has 0 bridgehead atoms. The zero-order valence-corrected chi connectivity index (χ0v) is 13.6. The third-order valence-electron chi connectivity index (χ3n) is 2.96. The van der Waals surface area contributed by atoms with E-state index in [-0.39, 0.29) is 5.56 Å². The summed E-state index contributed by atoms with van der Waals surface area (Å²) in [5.74, 6) is 0.593. The monoisotopic (exact) mass is 335 g/mol. The Morgan fingerprint density at radius 2 is 1.65 bits per heavy atom. The zero-order chi connectivity index (χ0) is 16.9. The lowest BCUT2D eigenvalue weighted by Crippen LogP contribution is -2.29. The van der Waals surface area contributed by atoms with Crippen LogP contribution < -0.4 is 14.2 Å². The molecule has 122 valence electrons. The van der Waals surface area contributed by atoms with Crippen molar-refractivity contribution in [3.63, 3.8) is 0 Å². The molecule has 1 amide bonds. The second-order valence-corrected chi connectivity index (χ2v) is 6.59. The van der Waals surface area contributed by atoms with Crippen LogP contribution in [0.1, 0.15) is 15.9 Å². The van der Waals surface area contributed by atoms with Gasteiger partial charge in [-0.05, 0) is 29.8 Å². The molecular formula is C16H17NO5S. The molecule has 6 nitrogen and oxygen atoms in total. The van der Waals surface area contributed by atoms with Gasteiger partial charge in [-0.25, -0.2) is 13.1 Å². The molecule has 23 heavy (non-hydrogen) atoms. The number of methoxy groups -OCH3 is 1. The molecule has 0 radical (unpaired) electrons. The van der Waals surface area contributed by atoms with Crippen LogP contribution in [0.15, 0.2) is 48.5 Å². The van der Waals surface area contributed by atoms with Crippen LogP contribution in [0.25, 0.3) is 0 Å². The molecular weight excluding hydrogens is 318 g/mol. The lowest BCUT2D eigenvalue weighted by atomic mass is 10.1. The Morgan fingerprint density at radius 1 is 1.04 bits per heavy atom. The number of hydrogen-bond donors (Lipinski definition) is 1. The van der Waals surface area contributed by atoms with Gasteiger partial charge in [0.05, 0.1) is 13.4 Å². The summed E-state index contributed by atoms with van der Waals surface area (Å²) in [5, 5.41) is 0. The number of ether oxygens (including phenoxy) is 2. The van der Waals surface area contributed by atoms with Crippen molar-refractivity contribution in [1.82, 2.24) is 4.72 Å². The summed E-state index contributed by atoms with van der Waals surface area (Å²) in [5.41, 5.74) is 1.10. The second kappa shape index (κ2) is 7.15. The number of rotatable bonds is 6. The van der Waals surface area contributed by atoms with Crippen LogP contribution in [-0.4, -0.2) is 27.7 Å². The van der Waals surface area contributed by atoms with Crippen molar-refractivity contribution in [2.24, 2.45) is 0 Å². The average molecular weight is 335 g/mol. The third kappa shape index (κ3) is 5.00. The first-order valence-corrected chi connectivity index (χ1v) is 8.65. The van der Waals surface area contributed by atoms with Crippen molar-refractivity contribution in [2.45, 2.75) is 6.61 Å². The van der Waals surface area contributed by atoms with E-state index in [4.69, 9.17) is 9.47 Å². The van der Waals surface area contributed by atoms with Crippen LogP contribution >= 0.6 is 0 Å². The van der Waals surface area contributed by atoms with Gasteiger partial charge < -0.3 is 9.47 Å². The number of sulfonamides is 1. The summed E-state index contributed by atoms with van der Waals surface area (Å²) in [6.45, 7) is 0.300. The maximum absolute atomic E-state index is 11.7. The van der Waals surface area contributed by atoms with Crippen LogP contribution in [0.2, 0.25) is 0 Å². The molecule has 0 saturated heterocycles. The van der Waals surface area contributed by atoms with Crippen LogP contribution in [0.4, 0.5) is 0 Å². The molecule has 7 heteroatoms. The van der Waals surface area contributed by atoms with Gasteiger partial charge in [-0.3, -0.25) is 4.79 Å². The highest BCUT2D eigenvalue weighted by Crippen LogP contribution is 2.26. The molecule has 0 aliphatic heterocycles. The van der Waals surface area contributed by atoms with Crippen molar-refractivity contribution in [1.29, 1.82) is 0 Å². The van der Waals surface area contributed by atoms with Crippen molar-refractivity contribution >= 4 is 15.9 Å². The Morgan fingerprint density at radius 3 is 2.22 bits per heavy atom. The minimum atomic E-state index is -3.57. The molecule has 0 saturated carbocycles. The number of amides is 1. The Hall–Kier alpha value is -2.54. The summed E-state index contributed by atoms with van der Waals surface area (Å²) >= 11 is 0. The van der Waals surface area contributed by atoms with E-state index in [1.807, 2.05) is 16.9 Å². The first-order chi connectivity index (χ1) is 10.9. The molecule has 2 rings (SSSR count). The first-order valence-electron chi connectivity index (χ1n) is 6.76. The maximum Gasteiger partial charge on any atom is 0.264 e. The number of carbonyl (C=O) groups excluding carboxylic acids is 1. The molecule has 1 N–H and O–H groups in total. The Balaban J connectivity index is 2.01. The minimum Gasteiger partial charge on any atom is -0.493 e. The van der Waals surface area contributed by atoms with E-state index >= 15 is 0 Å². The third-order valence-corrected chi connectivity index (χ3v) is 3.51. The SMILES string of the molecule is COc1ccccc1OCc1ccc(C(=O)NS(C)(=O)=O)cc1. The molecule has 0 unspecified atom stereocenters. The van der Waals surface area contributed by atoms with Crippen LogP contribution in [0, 0.1) is 0 Å². The lowest BCUT2D eigenvalue weighted by Gasteiger charge is -2.10. The Bertz CT molecular complexity index is 784. The minimum absolute atomic E-state index is 0.261. The number of carbonyl (C=O) groups is 1. The molecule has 0 heterocycles. The summed E-state index contributed by atoms with van der Waals surface area (Å²) in [4.78, 5) is 11.7. The largest absolute Gasteiger partial charge is 0.493 e. The van der Waals surface area contributed by atoms with Crippen LogP contribution in [0.3, 0.4) is 0 Å². The Labute approximate surface area is 135 Å². The van der Waals surface area contributed by atoms with Gasteiger partial charge in [0.1, 0.15) is 6.61 Å². The molecule has 2 aromatic rings. The maximum atomic E-state index is 11.7. The predicted molar refractivity (Wildman–Crippen MR) is 86.1 cm³/mol. The average Bonchev–Trinajstić information content (AvgIpc) is 2.52. The van der Waals surface area contributed by atoms with Crippen molar-refractivity contribution in [2.75, 3.05) is 13.4 Å². The normalized spacial score (nSPS) is 10.9. The van der Waals surface area contributed by atoms with Gasteiger partial charge in [-0.15, -0.1) is 0 Å². The molecule has 0 aliphatic rings. The quantitative estimate of drug-likeness (QED) is 0.873. The number of hydrogen-bond acceptors (Lipinski definition) is 5. The topological polar surface area (TPSA) is 81.7 Å². The van der Waals surface area contributed by atoms with Gasteiger partial charge in [0.15, 0.2) is 11.5 Å². The summed E-state index contributed by atoms with van der Waals surface area (Å²) < 4.78 is 34.9. The van der Waals surface area contributed by atoms with Gasteiger partial charge in [-0.1, -0.05) is 24.3 Å². The second-order valence-electron chi connectivity index (χ2n) is 4.84. The van der Waals surface area contributed by atoms with E-state index in [2.05, 4.69) is 0 Å². The Kier molecular flexibility index (Phi) is 5.23. The van der Waals surface area contributed by atoms with Gasteiger partial charge in [-0.2, -0.15) is 0 Å². The highest BCUT2D eigenvalue weighted by Gasteiger charge is 2.11. The summed E-state index contributed by atoms with van der Waals surface area (Å²) in [6, 6.07) is 13.8. The fraction of sp³-hybridized carbons (Fsp3) is 0.188. The van der Waals surface area contributed by atoms with Crippen molar-refractivity contribution < 1.29 is 22.7 Å². The lowest BCUT2D eigenvalue weighted by molar-refractivity contribution is 0.0981. The standard InChI is InChI=1S/C16H17NO5S/c1-21-14-5-3-4-6-15(14)22-11-12-7-9-13(10-8-12)16(18)17-23(2,19)20/h3-10H,11H2,1-2H3,(H,17,18). The zero-order valence-electron chi connectivity index (χ0n) is 12.8. The molecule has 0 atom stereocenters. The van der Waals surface area contributed by atoms with Gasteiger partial charge in [0.2, 0.25) is 10.0 Å². The predicted octanol–water partition coefficient (Wildman–Crippen LogP) is 1.96. The van der Waals surface area contributed by atoms with E-state index in [9.17, 15) is 13.2 Å². The fourth-order valence-electron chi connectivity index (χ4n) is 1.88. The highest BCUT2D eigenvalue weighted by molar-refractivity contribution is 7.89. The smallest absolute Gasteiger partial charge is 0.264 e. The number of benzene rings is 2. The van der Waals surface area contributed by atoms with E-state index in [0.29, 0.717) is 18.1 Å².